The molecule has 8 nitrogen and oxygen atoms in total. The summed E-state index contributed by atoms with van der Waals surface area (Å²) in [6.07, 6.45) is 0.781. The van der Waals surface area contributed by atoms with Gasteiger partial charge in [0.15, 0.2) is 0 Å². The van der Waals surface area contributed by atoms with E-state index >= 15 is 0 Å². The van der Waals surface area contributed by atoms with Crippen LogP contribution in [0.2, 0.25) is 0 Å². The second-order valence-corrected chi connectivity index (χ2v) is 10.3. The van der Waals surface area contributed by atoms with Gasteiger partial charge in [0.05, 0.1) is 12.6 Å². The molecule has 0 fully saturated rings. The van der Waals surface area contributed by atoms with E-state index in [9.17, 15) is 14.4 Å². The van der Waals surface area contributed by atoms with Gasteiger partial charge >= 0.3 is 0 Å². The average molecular weight is 546 g/mol. The minimum absolute atomic E-state index is 0.122. The summed E-state index contributed by atoms with van der Waals surface area (Å²) >= 11 is 0. The number of amides is 3. The van der Waals surface area contributed by atoms with Crippen LogP contribution in [-0.4, -0.2) is 42.7 Å². The third kappa shape index (κ3) is 9.32. The average Bonchev–Trinajstić information content (AvgIpc) is 2.96. The summed E-state index contributed by atoms with van der Waals surface area (Å²) in [6.45, 7) is 4.19. The fourth-order valence-corrected chi connectivity index (χ4v) is 4.72. The summed E-state index contributed by atoms with van der Waals surface area (Å²) in [6, 6.07) is 25.8. The lowest BCUT2D eigenvalue weighted by molar-refractivity contribution is -0.136. The Hall–Kier alpha value is -4.01. The maximum absolute atomic E-state index is 13.7. The van der Waals surface area contributed by atoms with Gasteiger partial charge in [-0.05, 0) is 41.0 Å². The zero-order valence-corrected chi connectivity index (χ0v) is 23.3. The molecule has 4 N–H and O–H groups in total. The first-order chi connectivity index (χ1) is 19.3. The smallest absolute Gasteiger partial charge is 0.247 e. The standard InChI is InChI=1S/C32H39N3O5/c1-22(2)18-27(20-29(36)35-39)31(37)34-30(26-16-14-25(15-17-26)24-12-8-5-9-13-24)32(38)33-28(21-40-3)19-23-10-6-4-7-11-23/h4-17,22,27-28,30,39H,18-21H2,1-3H3,(H,33,38)(H,34,37)(H,35,36)/t27-,28+,30?/m1/s1. The summed E-state index contributed by atoms with van der Waals surface area (Å²) in [7, 11) is 1.58. The number of methoxy groups -OCH3 is 1. The number of ether oxygens (including phenoxy) is 1. The van der Waals surface area contributed by atoms with Crippen LogP contribution in [0.3, 0.4) is 0 Å². The van der Waals surface area contributed by atoms with E-state index in [0.717, 1.165) is 16.7 Å². The van der Waals surface area contributed by atoms with Crippen molar-refractivity contribution < 1.29 is 24.3 Å². The maximum atomic E-state index is 13.7. The number of nitrogens with one attached hydrogen (secondary N) is 3. The normalized spacial score (nSPS) is 13.2. The summed E-state index contributed by atoms with van der Waals surface area (Å²) in [5.74, 6) is -2.07. The van der Waals surface area contributed by atoms with Crippen molar-refractivity contribution in [1.82, 2.24) is 16.1 Å². The van der Waals surface area contributed by atoms with Gasteiger partial charge in [0.2, 0.25) is 17.7 Å². The Balaban J connectivity index is 1.88. The van der Waals surface area contributed by atoms with E-state index in [-0.39, 0.29) is 24.3 Å². The molecule has 0 saturated carbocycles. The fraction of sp³-hybridized carbons (Fsp3) is 0.344. The molecule has 3 rings (SSSR count). The van der Waals surface area contributed by atoms with Crippen LogP contribution in [0.15, 0.2) is 84.9 Å². The molecule has 0 radical (unpaired) electrons. The largest absolute Gasteiger partial charge is 0.383 e. The van der Waals surface area contributed by atoms with Gasteiger partial charge in [-0.25, -0.2) is 5.48 Å². The van der Waals surface area contributed by atoms with Crippen LogP contribution in [0.25, 0.3) is 11.1 Å². The van der Waals surface area contributed by atoms with Gasteiger partial charge in [-0.3, -0.25) is 19.6 Å². The van der Waals surface area contributed by atoms with E-state index in [1.54, 1.807) is 12.6 Å². The number of hydroxylamine groups is 1. The number of benzene rings is 3. The van der Waals surface area contributed by atoms with Gasteiger partial charge in [-0.1, -0.05) is 98.8 Å². The highest BCUT2D eigenvalue weighted by atomic mass is 16.5. The van der Waals surface area contributed by atoms with Crippen molar-refractivity contribution in [2.24, 2.45) is 11.8 Å². The van der Waals surface area contributed by atoms with Crippen LogP contribution in [0.1, 0.15) is 43.9 Å². The molecule has 1 unspecified atom stereocenters. The Morgan fingerprint density at radius 3 is 1.98 bits per heavy atom. The maximum Gasteiger partial charge on any atom is 0.247 e. The third-order valence-electron chi connectivity index (χ3n) is 6.62. The van der Waals surface area contributed by atoms with Crippen molar-refractivity contribution >= 4 is 17.7 Å². The van der Waals surface area contributed by atoms with Crippen molar-refractivity contribution in [3.63, 3.8) is 0 Å². The van der Waals surface area contributed by atoms with Crippen molar-refractivity contribution in [1.29, 1.82) is 0 Å². The van der Waals surface area contributed by atoms with Gasteiger partial charge in [-0.2, -0.15) is 0 Å². The van der Waals surface area contributed by atoms with E-state index in [4.69, 9.17) is 9.94 Å². The molecule has 0 aliphatic heterocycles. The predicted molar refractivity (Wildman–Crippen MR) is 154 cm³/mol. The monoisotopic (exact) mass is 545 g/mol. The second-order valence-electron chi connectivity index (χ2n) is 10.3. The Labute approximate surface area is 236 Å². The molecule has 40 heavy (non-hydrogen) atoms. The molecule has 212 valence electrons. The molecule has 0 aliphatic rings. The van der Waals surface area contributed by atoms with Gasteiger partial charge in [0, 0.05) is 19.4 Å². The van der Waals surface area contributed by atoms with Crippen molar-refractivity contribution in [2.45, 2.75) is 45.2 Å². The summed E-state index contributed by atoms with van der Waals surface area (Å²) < 4.78 is 5.38. The zero-order chi connectivity index (χ0) is 28.9. The Morgan fingerprint density at radius 1 is 0.800 bits per heavy atom. The number of hydrogen-bond acceptors (Lipinski definition) is 5. The number of hydrogen-bond donors (Lipinski definition) is 4. The van der Waals surface area contributed by atoms with Crippen molar-refractivity contribution in [3.8, 4) is 11.1 Å². The Kier molecular flexibility index (Phi) is 11.9. The van der Waals surface area contributed by atoms with Gasteiger partial charge in [0.25, 0.3) is 0 Å². The lowest BCUT2D eigenvalue weighted by atomic mass is 9.92. The fourth-order valence-electron chi connectivity index (χ4n) is 4.72. The Morgan fingerprint density at radius 2 is 1.40 bits per heavy atom. The topological polar surface area (TPSA) is 117 Å². The van der Waals surface area contributed by atoms with Gasteiger partial charge in [-0.15, -0.1) is 0 Å². The summed E-state index contributed by atoms with van der Waals surface area (Å²) in [5.41, 5.74) is 5.27. The molecule has 3 amide bonds. The third-order valence-corrected chi connectivity index (χ3v) is 6.62. The Bertz CT molecular complexity index is 1220. The molecule has 0 aromatic heterocycles. The molecule has 3 aromatic rings. The highest BCUT2D eigenvalue weighted by Crippen LogP contribution is 2.24. The highest BCUT2D eigenvalue weighted by Gasteiger charge is 2.30. The van der Waals surface area contributed by atoms with Crippen molar-refractivity contribution in [3.05, 3.63) is 96.1 Å². The quantitative estimate of drug-likeness (QED) is 0.177. The van der Waals surface area contributed by atoms with E-state index in [0.29, 0.717) is 25.0 Å². The van der Waals surface area contributed by atoms with Crippen LogP contribution in [-0.2, 0) is 25.5 Å². The van der Waals surface area contributed by atoms with Crippen LogP contribution in [0, 0.1) is 11.8 Å². The molecule has 0 bridgehead atoms. The molecular formula is C32H39N3O5. The van der Waals surface area contributed by atoms with Gasteiger partial charge < -0.3 is 15.4 Å². The minimum Gasteiger partial charge on any atom is -0.383 e. The molecule has 0 aliphatic carbocycles. The molecule has 3 aromatic carbocycles. The number of carbonyl (C=O) groups is 3. The lowest BCUT2D eigenvalue weighted by Gasteiger charge is -2.26. The number of rotatable bonds is 14. The zero-order valence-electron chi connectivity index (χ0n) is 23.3. The molecule has 0 saturated heterocycles. The summed E-state index contributed by atoms with van der Waals surface area (Å²) in [5, 5.41) is 15.0. The van der Waals surface area contributed by atoms with E-state index in [2.05, 4.69) is 10.6 Å². The molecule has 0 heterocycles. The second kappa shape index (κ2) is 15.5. The van der Waals surface area contributed by atoms with Crippen LogP contribution in [0.4, 0.5) is 0 Å². The SMILES string of the molecule is COC[C@H](Cc1ccccc1)NC(=O)C(NC(=O)[C@@H](CC(=O)NO)CC(C)C)c1ccc(-c2ccccc2)cc1. The van der Waals surface area contributed by atoms with E-state index in [1.807, 2.05) is 98.8 Å². The predicted octanol–water partition coefficient (Wildman–Crippen LogP) is 4.44. The molecular weight excluding hydrogens is 506 g/mol. The molecule has 8 heteroatoms. The summed E-state index contributed by atoms with van der Waals surface area (Å²) in [4.78, 5) is 39.1. The number of carbonyl (C=O) groups excluding carboxylic acids is 3. The molecule has 3 atom stereocenters. The first-order valence-corrected chi connectivity index (χ1v) is 13.5. The first kappa shape index (κ1) is 30.5. The van der Waals surface area contributed by atoms with Crippen LogP contribution >= 0.6 is 0 Å². The molecule has 0 spiro atoms. The lowest BCUT2D eigenvalue weighted by Crippen LogP contribution is -2.48. The van der Waals surface area contributed by atoms with E-state index < -0.39 is 23.8 Å². The van der Waals surface area contributed by atoms with Crippen LogP contribution in [0.5, 0.6) is 0 Å². The van der Waals surface area contributed by atoms with E-state index in [1.165, 1.54) is 0 Å². The van der Waals surface area contributed by atoms with Gasteiger partial charge in [0.1, 0.15) is 6.04 Å². The first-order valence-electron chi connectivity index (χ1n) is 13.5. The van der Waals surface area contributed by atoms with Crippen molar-refractivity contribution in [2.75, 3.05) is 13.7 Å². The minimum atomic E-state index is -1.00. The van der Waals surface area contributed by atoms with Crippen LogP contribution < -0.4 is 16.1 Å². The highest BCUT2D eigenvalue weighted by molar-refractivity contribution is 5.91.